The summed E-state index contributed by atoms with van der Waals surface area (Å²) in [5.41, 5.74) is 1.63. The molecule has 2 aromatic rings. The molecule has 6 heteroatoms. The Balaban J connectivity index is 1.88. The first-order valence-electron chi connectivity index (χ1n) is 6.07. The van der Waals surface area contributed by atoms with Crippen LogP contribution in [-0.2, 0) is 16.1 Å². The lowest BCUT2D eigenvalue weighted by molar-refractivity contribution is -0.136. The van der Waals surface area contributed by atoms with Crippen LogP contribution in [0.1, 0.15) is 11.3 Å². The third-order valence-corrected chi connectivity index (χ3v) is 2.52. The minimum atomic E-state index is -0.751. The number of nitrogens with one attached hydrogen (secondary N) is 2. The van der Waals surface area contributed by atoms with E-state index in [1.165, 1.54) is 0 Å². The lowest BCUT2D eigenvalue weighted by Gasteiger charge is -2.06. The van der Waals surface area contributed by atoms with Crippen molar-refractivity contribution in [3.8, 4) is 0 Å². The second kappa shape index (κ2) is 6.42. The summed E-state index contributed by atoms with van der Waals surface area (Å²) in [4.78, 5) is 31.3. The summed E-state index contributed by atoms with van der Waals surface area (Å²) in [7, 11) is 0. The summed E-state index contributed by atoms with van der Waals surface area (Å²) in [6.45, 7) is 2.08. The Bertz CT molecular complexity index is 614. The first-order chi connectivity index (χ1) is 9.65. The largest absolute Gasteiger partial charge is 0.342 e. The van der Waals surface area contributed by atoms with Gasteiger partial charge in [0.15, 0.2) is 0 Å². The van der Waals surface area contributed by atoms with Crippen LogP contribution in [0.4, 0.5) is 5.82 Å². The van der Waals surface area contributed by atoms with Crippen LogP contribution >= 0.6 is 0 Å². The second-order valence-electron chi connectivity index (χ2n) is 4.18. The Labute approximate surface area is 116 Å². The average molecular weight is 270 g/mol. The van der Waals surface area contributed by atoms with Gasteiger partial charge in [0.2, 0.25) is 0 Å². The zero-order valence-corrected chi connectivity index (χ0v) is 11.0. The molecular weight excluding hydrogens is 256 g/mol. The van der Waals surface area contributed by atoms with E-state index in [9.17, 15) is 9.59 Å². The number of carbonyl (C=O) groups excluding carboxylic acids is 2. The second-order valence-corrected chi connectivity index (χ2v) is 4.18. The fraction of sp³-hybridized carbons (Fsp3) is 0.143. The van der Waals surface area contributed by atoms with E-state index in [-0.39, 0.29) is 6.54 Å². The topological polar surface area (TPSA) is 84.0 Å². The van der Waals surface area contributed by atoms with Crippen LogP contribution in [-0.4, -0.2) is 21.8 Å². The monoisotopic (exact) mass is 270 g/mol. The van der Waals surface area contributed by atoms with Crippen molar-refractivity contribution in [3.63, 3.8) is 0 Å². The van der Waals surface area contributed by atoms with Crippen molar-refractivity contribution in [1.29, 1.82) is 0 Å². The van der Waals surface area contributed by atoms with Crippen molar-refractivity contribution in [1.82, 2.24) is 15.3 Å². The number of nitrogens with zero attached hydrogens (tertiary/aromatic N) is 2. The minimum Gasteiger partial charge on any atom is -0.342 e. The molecule has 0 bridgehead atoms. The van der Waals surface area contributed by atoms with E-state index < -0.39 is 11.8 Å². The standard InChI is InChI=1S/C14H14N4O2/c1-10-5-7-16-12(8-10)18-14(20)13(19)17-9-11-4-2-3-6-15-11/h2-8H,9H2,1H3,(H,17,19)(H,16,18,20). The lowest BCUT2D eigenvalue weighted by Crippen LogP contribution is -2.35. The molecule has 0 aliphatic rings. The molecule has 0 unspecified atom stereocenters. The highest BCUT2D eigenvalue weighted by Gasteiger charge is 2.13. The molecule has 0 fully saturated rings. The van der Waals surface area contributed by atoms with Crippen LogP contribution < -0.4 is 10.6 Å². The average Bonchev–Trinajstić information content (AvgIpc) is 2.46. The number of carbonyl (C=O) groups is 2. The minimum absolute atomic E-state index is 0.203. The number of hydrogen-bond donors (Lipinski definition) is 2. The zero-order chi connectivity index (χ0) is 14.4. The van der Waals surface area contributed by atoms with Crippen molar-refractivity contribution in [3.05, 3.63) is 54.0 Å². The van der Waals surface area contributed by atoms with Gasteiger partial charge in [-0.25, -0.2) is 4.98 Å². The fourth-order valence-electron chi connectivity index (χ4n) is 1.53. The molecule has 0 atom stereocenters. The Morgan fingerprint density at radius 1 is 1.10 bits per heavy atom. The summed E-state index contributed by atoms with van der Waals surface area (Å²) in [5, 5.41) is 4.93. The first kappa shape index (κ1) is 13.7. The summed E-state index contributed by atoms with van der Waals surface area (Å²) in [6.07, 6.45) is 3.19. The van der Waals surface area contributed by atoms with E-state index in [1.807, 2.05) is 13.0 Å². The summed E-state index contributed by atoms with van der Waals surface area (Å²) >= 11 is 0. The quantitative estimate of drug-likeness (QED) is 0.816. The van der Waals surface area contributed by atoms with Gasteiger partial charge in [-0.3, -0.25) is 14.6 Å². The SMILES string of the molecule is Cc1ccnc(NC(=O)C(=O)NCc2ccccn2)c1. The molecule has 102 valence electrons. The van der Waals surface area contributed by atoms with Gasteiger partial charge in [-0.2, -0.15) is 0 Å². The van der Waals surface area contributed by atoms with Gasteiger partial charge in [0.1, 0.15) is 5.82 Å². The highest BCUT2D eigenvalue weighted by Crippen LogP contribution is 2.04. The summed E-state index contributed by atoms with van der Waals surface area (Å²) in [5.74, 6) is -1.12. The maximum Gasteiger partial charge on any atom is 0.314 e. The highest BCUT2D eigenvalue weighted by atomic mass is 16.2. The fourth-order valence-corrected chi connectivity index (χ4v) is 1.53. The first-order valence-corrected chi connectivity index (χ1v) is 6.07. The maximum atomic E-state index is 11.7. The van der Waals surface area contributed by atoms with Crippen molar-refractivity contribution < 1.29 is 9.59 Å². The van der Waals surface area contributed by atoms with Crippen molar-refractivity contribution in [2.45, 2.75) is 13.5 Å². The molecule has 0 saturated heterocycles. The number of aryl methyl sites for hydroxylation is 1. The molecule has 6 nitrogen and oxygen atoms in total. The highest BCUT2D eigenvalue weighted by molar-refractivity contribution is 6.39. The van der Waals surface area contributed by atoms with Gasteiger partial charge in [0, 0.05) is 12.4 Å². The van der Waals surface area contributed by atoms with Crippen molar-refractivity contribution in [2.75, 3.05) is 5.32 Å². The van der Waals surface area contributed by atoms with E-state index >= 15 is 0 Å². The van der Waals surface area contributed by atoms with Crippen molar-refractivity contribution in [2.24, 2.45) is 0 Å². The molecule has 0 spiro atoms. The van der Waals surface area contributed by atoms with E-state index in [0.29, 0.717) is 11.5 Å². The maximum absolute atomic E-state index is 11.7. The zero-order valence-electron chi connectivity index (χ0n) is 11.0. The van der Waals surface area contributed by atoms with Crippen LogP contribution in [0, 0.1) is 6.92 Å². The van der Waals surface area contributed by atoms with Gasteiger partial charge in [-0.05, 0) is 36.8 Å². The van der Waals surface area contributed by atoms with E-state index in [2.05, 4.69) is 20.6 Å². The smallest absolute Gasteiger partial charge is 0.314 e. The van der Waals surface area contributed by atoms with Gasteiger partial charge < -0.3 is 10.6 Å². The number of rotatable bonds is 3. The number of aromatic nitrogens is 2. The van der Waals surface area contributed by atoms with Gasteiger partial charge in [-0.1, -0.05) is 6.07 Å². The predicted molar refractivity (Wildman–Crippen MR) is 73.7 cm³/mol. The Morgan fingerprint density at radius 2 is 1.95 bits per heavy atom. The number of anilines is 1. The Kier molecular flexibility index (Phi) is 4.39. The van der Waals surface area contributed by atoms with E-state index in [0.717, 1.165) is 5.56 Å². The molecule has 2 heterocycles. The van der Waals surface area contributed by atoms with Gasteiger partial charge >= 0.3 is 11.8 Å². The molecule has 0 saturated carbocycles. The lowest BCUT2D eigenvalue weighted by atomic mass is 10.3. The molecular formula is C14H14N4O2. The normalized spacial score (nSPS) is 9.85. The van der Waals surface area contributed by atoms with Crippen LogP contribution in [0.2, 0.25) is 0 Å². The van der Waals surface area contributed by atoms with Crippen LogP contribution in [0.15, 0.2) is 42.7 Å². The van der Waals surface area contributed by atoms with Crippen LogP contribution in [0.25, 0.3) is 0 Å². The summed E-state index contributed by atoms with van der Waals surface area (Å²) < 4.78 is 0. The molecule has 20 heavy (non-hydrogen) atoms. The molecule has 0 aromatic carbocycles. The Morgan fingerprint density at radius 3 is 2.65 bits per heavy atom. The van der Waals surface area contributed by atoms with Gasteiger partial charge in [0.05, 0.1) is 12.2 Å². The number of amides is 2. The molecule has 2 amide bonds. The third-order valence-electron chi connectivity index (χ3n) is 2.52. The molecule has 0 radical (unpaired) electrons. The number of hydrogen-bond acceptors (Lipinski definition) is 4. The molecule has 2 N–H and O–H groups in total. The molecule has 0 aliphatic heterocycles. The third kappa shape index (κ3) is 3.88. The van der Waals surface area contributed by atoms with Crippen LogP contribution in [0.5, 0.6) is 0 Å². The Hall–Kier alpha value is -2.76. The van der Waals surface area contributed by atoms with Gasteiger partial charge in [0.25, 0.3) is 0 Å². The summed E-state index contributed by atoms with van der Waals surface area (Å²) in [6, 6.07) is 8.84. The number of pyridine rings is 2. The van der Waals surface area contributed by atoms with E-state index in [1.54, 1.807) is 36.7 Å². The van der Waals surface area contributed by atoms with E-state index in [4.69, 9.17) is 0 Å². The molecule has 2 aromatic heterocycles. The predicted octanol–water partition coefficient (Wildman–Crippen LogP) is 1.04. The van der Waals surface area contributed by atoms with Gasteiger partial charge in [-0.15, -0.1) is 0 Å². The molecule has 0 aliphatic carbocycles. The van der Waals surface area contributed by atoms with Crippen molar-refractivity contribution >= 4 is 17.6 Å². The van der Waals surface area contributed by atoms with Crippen LogP contribution in [0.3, 0.4) is 0 Å². The molecule has 2 rings (SSSR count).